The van der Waals surface area contributed by atoms with Crippen LogP contribution in [0.15, 0.2) is 57.4 Å². The molecule has 11 heteroatoms. The normalized spacial score (nSPS) is 10.8. The van der Waals surface area contributed by atoms with Gasteiger partial charge in [-0.1, -0.05) is 12.1 Å². The summed E-state index contributed by atoms with van der Waals surface area (Å²) in [5, 5.41) is 10.0. The lowest BCUT2D eigenvalue weighted by Gasteiger charge is -2.07. The molecule has 2 aromatic heterocycles. The molecule has 0 unspecified atom stereocenters. The van der Waals surface area contributed by atoms with Crippen molar-refractivity contribution in [2.24, 2.45) is 0 Å². The van der Waals surface area contributed by atoms with Gasteiger partial charge in [0.15, 0.2) is 5.13 Å². The summed E-state index contributed by atoms with van der Waals surface area (Å²) in [4.78, 5) is 52.3. The van der Waals surface area contributed by atoms with E-state index in [1.54, 1.807) is 35.7 Å². The van der Waals surface area contributed by atoms with Crippen LogP contribution in [-0.4, -0.2) is 26.6 Å². The van der Waals surface area contributed by atoms with Gasteiger partial charge in [-0.3, -0.25) is 24.3 Å². The Balaban J connectivity index is 1.43. The van der Waals surface area contributed by atoms with Crippen LogP contribution in [0.25, 0.3) is 22.0 Å². The van der Waals surface area contributed by atoms with Crippen LogP contribution in [0.1, 0.15) is 13.3 Å². The molecule has 33 heavy (non-hydrogen) atoms. The topological polar surface area (TPSA) is 126 Å². The third-order valence-electron chi connectivity index (χ3n) is 4.76. The van der Waals surface area contributed by atoms with Gasteiger partial charge < -0.3 is 10.6 Å². The van der Waals surface area contributed by atoms with Gasteiger partial charge in [0.2, 0.25) is 11.8 Å². The SMILES string of the molecule is CC(=O)Nc1ccc(-c2csc(NC(=O)CCn3[nH]c(=O)c4ccccc4c3=O)n2)c(F)c1. The molecular weight excluding hydrogens is 449 g/mol. The summed E-state index contributed by atoms with van der Waals surface area (Å²) < 4.78 is 15.5. The number of hydrogen-bond acceptors (Lipinski definition) is 6. The zero-order valence-corrected chi connectivity index (χ0v) is 18.2. The molecular formula is C22H18FN5O4S. The first-order valence-electron chi connectivity index (χ1n) is 9.86. The van der Waals surface area contributed by atoms with E-state index in [1.807, 2.05) is 0 Å². The number of halogens is 1. The van der Waals surface area contributed by atoms with Crippen LogP contribution in [-0.2, 0) is 16.1 Å². The van der Waals surface area contributed by atoms with Gasteiger partial charge in [0.05, 0.1) is 23.0 Å². The minimum absolute atomic E-state index is 0.0256. The number of benzene rings is 2. The van der Waals surface area contributed by atoms with E-state index in [-0.39, 0.29) is 40.3 Å². The lowest BCUT2D eigenvalue weighted by Crippen LogP contribution is -2.31. The molecule has 0 fully saturated rings. The summed E-state index contributed by atoms with van der Waals surface area (Å²) in [7, 11) is 0. The summed E-state index contributed by atoms with van der Waals surface area (Å²) in [5.74, 6) is -1.29. The number of H-pyrrole nitrogens is 1. The monoisotopic (exact) mass is 467 g/mol. The number of nitrogens with zero attached hydrogens (tertiary/aromatic N) is 2. The van der Waals surface area contributed by atoms with Crippen molar-refractivity contribution < 1.29 is 14.0 Å². The van der Waals surface area contributed by atoms with Gasteiger partial charge >= 0.3 is 0 Å². The molecule has 0 bridgehead atoms. The van der Waals surface area contributed by atoms with Crippen LogP contribution in [0, 0.1) is 5.82 Å². The fourth-order valence-corrected chi connectivity index (χ4v) is 3.98. The van der Waals surface area contributed by atoms with Crippen molar-refractivity contribution in [2.45, 2.75) is 19.9 Å². The molecule has 3 N–H and O–H groups in total. The summed E-state index contributed by atoms with van der Waals surface area (Å²) in [6.07, 6.45) is -0.0805. The number of rotatable bonds is 6. The molecule has 4 aromatic rings. The largest absolute Gasteiger partial charge is 0.326 e. The van der Waals surface area contributed by atoms with Crippen molar-refractivity contribution >= 4 is 44.7 Å². The highest BCUT2D eigenvalue weighted by Gasteiger charge is 2.13. The summed E-state index contributed by atoms with van der Waals surface area (Å²) in [6.45, 7) is 1.30. The molecule has 2 amide bonds. The van der Waals surface area contributed by atoms with Crippen LogP contribution in [0.5, 0.6) is 0 Å². The molecule has 0 spiro atoms. The third-order valence-corrected chi connectivity index (χ3v) is 5.52. The maximum atomic E-state index is 14.4. The summed E-state index contributed by atoms with van der Waals surface area (Å²) >= 11 is 1.12. The minimum atomic E-state index is -0.566. The summed E-state index contributed by atoms with van der Waals surface area (Å²) in [6, 6.07) is 10.7. The maximum absolute atomic E-state index is 14.4. The Morgan fingerprint density at radius 3 is 2.61 bits per heavy atom. The Hall–Kier alpha value is -4.12. The van der Waals surface area contributed by atoms with Crippen molar-refractivity contribution in [3.63, 3.8) is 0 Å². The van der Waals surface area contributed by atoms with Crippen LogP contribution in [0.3, 0.4) is 0 Å². The Morgan fingerprint density at radius 2 is 1.88 bits per heavy atom. The van der Waals surface area contributed by atoms with Crippen molar-refractivity contribution in [1.82, 2.24) is 14.8 Å². The zero-order chi connectivity index (χ0) is 23.5. The number of thiazole rings is 1. The Bertz CT molecular complexity index is 1490. The van der Waals surface area contributed by atoms with E-state index in [0.717, 1.165) is 16.0 Å². The minimum Gasteiger partial charge on any atom is -0.326 e. The highest BCUT2D eigenvalue weighted by atomic mass is 32.1. The number of aromatic nitrogens is 3. The van der Waals surface area contributed by atoms with Crippen LogP contribution < -0.4 is 21.8 Å². The fourth-order valence-electron chi connectivity index (χ4n) is 3.26. The average molecular weight is 467 g/mol. The number of nitrogens with one attached hydrogen (secondary N) is 3. The highest BCUT2D eigenvalue weighted by molar-refractivity contribution is 7.14. The van der Waals surface area contributed by atoms with E-state index in [0.29, 0.717) is 11.4 Å². The molecule has 0 radical (unpaired) electrons. The first-order chi connectivity index (χ1) is 15.8. The van der Waals surface area contributed by atoms with E-state index in [1.165, 1.54) is 19.1 Å². The molecule has 4 rings (SSSR count). The Morgan fingerprint density at radius 1 is 1.12 bits per heavy atom. The molecule has 2 aromatic carbocycles. The number of aryl methyl sites for hydroxylation is 1. The number of hydrogen-bond donors (Lipinski definition) is 3. The predicted octanol–water partition coefficient (Wildman–Crippen LogP) is 2.94. The van der Waals surface area contributed by atoms with E-state index < -0.39 is 22.8 Å². The van der Waals surface area contributed by atoms with Gasteiger partial charge in [0.1, 0.15) is 5.82 Å². The smallest absolute Gasteiger partial charge is 0.273 e. The van der Waals surface area contributed by atoms with Crippen LogP contribution in [0.2, 0.25) is 0 Å². The molecule has 9 nitrogen and oxygen atoms in total. The second-order valence-electron chi connectivity index (χ2n) is 7.16. The van der Waals surface area contributed by atoms with Gasteiger partial charge in [-0.15, -0.1) is 11.3 Å². The van der Waals surface area contributed by atoms with Crippen LogP contribution in [0.4, 0.5) is 15.2 Å². The van der Waals surface area contributed by atoms with Crippen molar-refractivity contribution in [3.05, 3.63) is 74.4 Å². The van der Waals surface area contributed by atoms with E-state index in [9.17, 15) is 23.6 Å². The van der Waals surface area contributed by atoms with Gasteiger partial charge in [-0.25, -0.2) is 14.1 Å². The first kappa shape index (κ1) is 22.1. The van der Waals surface area contributed by atoms with Gasteiger partial charge in [0.25, 0.3) is 11.1 Å². The first-order valence-corrected chi connectivity index (χ1v) is 10.7. The van der Waals surface area contributed by atoms with Crippen molar-refractivity contribution in [3.8, 4) is 11.3 Å². The fraction of sp³-hybridized carbons (Fsp3) is 0.136. The third kappa shape index (κ3) is 4.88. The Kier molecular flexibility index (Phi) is 6.13. The molecule has 168 valence electrons. The second kappa shape index (κ2) is 9.17. The standard InChI is InChI=1S/C22H18FN5O4S/c1-12(29)24-13-6-7-16(17(23)10-13)18-11-33-22(25-18)26-19(30)8-9-28-21(32)15-5-3-2-4-14(15)20(31)27-28/h2-7,10-11H,8-9H2,1H3,(H,24,29)(H,27,31)(H,25,26,30). The number of anilines is 2. The lowest BCUT2D eigenvalue weighted by molar-refractivity contribution is -0.116. The van der Waals surface area contributed by atoms with Gasteiger partial charge in [0, 0.05) is 30.0 Å². The molecule has 0 aliphatic heterocycles. The van der Waals surface area contributed by atoms with Crippen molar-refractivity contribution in [2.75, 3.05) is 10.6 Å². The molecule has 0 saturated carbocycles. The average Bonchev–Trinajstić information content (AvgIpc) is 3.23. The van der Waals surface area contributed by atoms with Gasteiger partial charge in [-0.2, -0.15) is 0 Å². The van der Waals surface area contributed by atoms with E-state index in [4.69, 9.17) is 0 Å². The lowest BCUT2D eigenvalue weighted by atomic mass is 10.1. The number of aromatic amines is 1. The van der Waals surface area contributed by atoms with Crippen molar-refractivity contribution in [1.29, 1.82) is 0 Å². The van der Waals surface area contributed by atoms with Gasteiger partial charge in [-0.05, 0) is 30.3 Å². The Labute approximate surface area is 189 Å². The molecule has 0 atom stereocenters. The zero-order valence-electron chi connectivity index (χ0n) is 17.3. The number of amides is 2. The molecule has 2 heterocycles. The predicted molar refractivity (Wildman–Crippen MR) is 124 cm³/mol. The number of fused-ring (bicyclic) bond motifs is 1. The summed E-state index contributed by atoms with van der Waals surface area (Å²) in [5.41, 5.74) is 0.0716. The highest BCUT2D eigenvalue weighted by Crippen LogP contribution is 2.28. The quantitative estimate of drug-likeness (QED) is 0.402. The van der Waals surface area contributed by atoms with E-state index in [2.05, 4.69) is 20.7 Å². The number of carbonyl (C=O) groups is 2. The molecule has 0 aliphatic rings. The van der Waals surface area contributed by atoms with E-state index >= 15 is 0 Å². The number of carbonyl (C=O) groups excluding carboxylic acids is 2. The molecule has 0 aliphatic carbocycles. The maximum Gasteiger partial charge on any atom is 0.273 e. The second-order valence-corrected chi connectivity index (χ2v) is 8.01. The van der Waals surface area contributed by atoms with Crippen LogP contribution >= 0.6 is 11.3 Å². The molecule has 0 saturated heterocycles.